The van der Waals surface area contributed by atoms with E-state index in [0.29, 0.717) is 6.42 Å². The second kappa shape index (κ2) is 1.45. The number of β-lactam (4-membered cyclic amide) rings is 1. The molecule has 1 aliphatic rings. The number of nitrogens with one attached hydrogen (secondary N) is 1. The molecule has 1 heterocycles. The SMILES string of the molecule is CC[C@@]1(N)CC(=O)N1. The molecule has 1 atom stereocenters. The summed E-state index contributed by atoms with van der Waals surface area (Å²) in [5.41, 5.74) is 5.20. The first-order valence-electron chi connectivity index (χ1n) is 2.76. The third-order valence-electron chi connectivity index (χ3n) is 1.50. The fourth-order valence-electron chi connectivity index (χ4n) is 0.759. The van der Waals surface area contributed by atoms with E-state index in [0.717, 1.165) is 6.42 Å². The Bertz CT molecular complexity index is 114. The first-order valence-corrected chi connectivity index (χ1v) is 2.76. The Balaban J connectivity index is 2.40. The van der Waals surface area contributed by atoms with Crippen LogP contribution >= 0.6 is 0 Å². The van der Waals surface area contributed by atoms with Crippen molar-refractivity contribution in [1.82, 2.24) is 5.32 Å². The van der Waals surface area contributed by atoms with E-state index in [-0.39, 0.29) is 11.6 Å². The summed E-state index contributed by atoms with van der Waals surface area (Å²) in [5, 5.41) is 2.61. The van der Waals surface area contributed by atoms with Gasteiger partial charge in [-0.2, -0.15) is 0 Å². The quantitative estimate of drug-likeness (QED) is 0.454. The number of hydrogen-bond acceptors (Lipinski definition) is 2. The molecule has 0 spiro atoms. The third kappa shape index (κ3) is 0.690. The lowest BCUT2D eigenvalue weighted by atomic mass is 9.96. The summed E-state index contributed by atoms with van der Waals surface area (Å²) in [6.45, 7) is 1.96. The predicted molar refractivity (Wildman–Crippen MR) is 30.0 cm³/mol. The normalized spacial score (nSPS) is 36.0. The summed E-state index contributed by atoms with van der Waals surface area (Å²) in [6.07, 6.45) is 1.31. The Morgan fingerprint density at radius 1 is 2.00 bits per heavy atom. The molecule has 46 valence electrons. The lowest BCUT2D eigenvalue weighted by molar-refractivity contribution is -0.132. The minimum atomic E-state index is -0.364. The highest BCUT2D eigenvalue weighted by Crippen LogP contribution is 2.15. The van der Waals surface area contributed by atoms with E-state index in [9.17, 15) is 4.79 Å². The van der Waals surface area contributed by atoms with Crippen LogP contribution in [-0.4, -0.2) is 11.6 Å². The van der Waals surface area contributed by atoms with Crippen molar-refractivity contribution < 1.29 is 4.79 Å². The Labute approximate surface area is 48.2 Å². The highest BCUT2D eigenvalue weighted by Gasteiger charge is 2.36. The lowest BCUT2D eigenvalue weighted by Crippen LogP contribution is -2.66. The van der Waals surface area contributed by atoms with Crippen LogP contribution in [0.4, 0.5) is 0 Å². The van der Waals surface area contributed by atoms with Gasteiger partial charge in [0.15, 0.2) is 0 Å². The molecule has 0 saturated carbocycles. The van der Waals surface area contributed by atoms with Gasteiger partial charge in [0.2, 0.25) is 5.91 Å². The molecule has 0 aromatic rings. The maximum Gasteiger partial charge on any atom is 0.225 e. The molecule has 3 heteroatoms. The maximum atomic E-state index is 10.3. The molecule has 1 aliphatic heterocycles. The van der Waals surface area contributed by atoms with Gasteiger partial charge in [-0.3, -0.25) is 4.79 Å². The van der Waals surface area contributed by atoms with Crippen molar-refractivity contribution in [2.45, 2.75) is 25.4 Å². The number of amides is 1. The van der Waals surface area contributed by atoms with E-state index >= 15 is 0 Å². The van der Waals surface area contributed by atoms with Gasteiger partial charge in [-0.25, -0.2) is 0 Å². The van der Waals surface area contributed by atoms with Gasteiger partial charge >= 0.3 is 0 Å². The smallest absolute Gasteiger partial charge is 0.225 e. The van der Waals surface area contributed by atoms with Crippen LogP contribution in [0.25, 0.3) is 0 Å². The van der Waals surface area contributed by atoms with Crippen molar-refractivity contribution in [3.8, 4) is 0 Å². The topological polar surface area (TPSA) is 55.1 Å². The largest absolute Gasteiger partial charge is 0.338 e. The van der Waals surface area contributed by atoms with E-state index in [2.05, 4.69) is 5.32 Å². The molecule has 0 radical (unpaired) electrons. The Kier molecular flexibility index (Phi) is 1.01. The van der Waals surface area contributed by atoms with Crippen LogP contribution in [0.15, 0.2) is 0 Å². The van der Waals surface area contributed by atoms with E-state index in [1.165, 1.54) is 0 Å². The molecular weight excluding hydrogens is 104 g/mol. The monoisotopic (exact) mass is 114 g/mol. The fraction of sp³-hybridized carbons (Fsp3) is 0.800. The van der Waals surface area contributed by atoms with E-state index in [1.807, 2.05) is 6.92 Å². The standard InChI is InChI=1S/C5H10N2O/c1-2-5(6)3-4(8)7-5/h2-3,6H2,1H3,(H,7,8)/t5-/m0/s1. The molecule has 1 saturated heterocycles. The van der Waals surface area contributed by atoms with E-state index in [4.69, 9.17) is 5.73 Å². The van der Waals surface area contributed by atoms with Gasteiger partial charge in [-0.05, 0) is 6.42 Å². The summed E-state index contributed by atoms with van der Waals surface area (Å²) in [7, 11) is 0. The van der Waals surface area contributed by atoms with Gasteiger partial charge < -0.3 is 11.1 Å². The molecule has 1 rings (SSSR count). The minimum absolute atomic E-state index is 0.0642. The van der Waals surface area contributed by atoms with Gasteiger partial charge in [0.05, 0.1) is 12.1 Å². The van der Waals surface area contributed by atoms with Crippen molar-refractivity contribution in [2.24, 2.45) is 5.73 Å². The number of carbonyl (C=O) groups excluding carboxylic acids is 1. The zero-order valence-electron chi connectivity index (χ0n) is 4.90. The Morgan fingerprint density at radius 3 is 2.62 bits per heavy atom. The number of hydrogen-bond donors (Lipinski definition) is 2. The van der Waals surface area contributed by atoms with E-state index < -0.39 is 0 Å². The lowest BCUT2D eigenvalue weighted by Gasteiger charge is -2.37. The van der Waals surface area contributed by atoms with Gasteiger partial charge in [0.1, 0.15) is 0 Å². The molecule has 3 N–H and O–H groups in total. The second-order valence-corrected chi connectivity index (χ2v) is 2.23. The highest BCUT2D eigenvalue weighted by atomic mass is 16.2. The van der Waals surface area contributed by atoms with Crippen molar-refractivity contribution in [3.05, 3.63) is 0 Å². The van der Waals surface area contributed by atoms with Gasteiger partial charge in [0, 0.05) is 0 Å². The molecule has 3 nitrogen and oxygen atoms in total. The summed E-state index contributed by atoms with van der Waals surface area (Å²) in [4.78, 5) is 10.3. The first-order chi connectivity index (χ1) is 3.66. The summed E-state index contributed by atoms with van der Waals surface area (Å²) in [6, 6.07) is 0. The van der Waals surface area contributed by atoms with Crippen molar-refractivity contribution in [1.29, 1.82) is 0 Å². The predicted octanol–water partition coefficient (Wildman–Crippen LogP) is -0.429. The highest BCUT2D eigenvalue weighted by molar-refractivity contribution is 5.84. The molecule has 0 aromatic carbocycles. The van der Waals surface area contributed by atoms with Gasteiger partial charge in [0.25, 0.3) is 0 Å². The molecule has 0 aliphatic carbocycles. The second-order valence-electron chi connectivity index (χ2n) is 2.23. The van der Waals surface area contributed by atoms with Crippen LogP contribution in [0.1, 0.15) is 19.8 Å². The summed E-state index contributed by atoms with van der Waals surface area (Å²) in [5.74, 6) is 0.0642. The molecule has 0 unspecified atom stereocenters. The molecule has 8 heavy (non-hydrogen) atoms. The van der Waals surface area contributed by atoms with Crippen LogP contribution in [-0.2, 0) is 4.79 Å². The van der Waals surface area contributed by atoms with Crippen molar-refractivity contribution >= 4 is 5.91 Å². The average molecular weight is 114 g/mol. The average Bonchev–Trinajstić information content (AvgIpc) is 1.63. The summed E-state index contributed by atoms with van der Waals surface area (Å²) < 4.78 is 0. The Hall–Kier alpha value is -0.570. The number of nitrogens with two attached hydrogens (primary N) is 1. The zero-order valence-corrected chi connectivity index (χ0v) is 4.90. The van der Waals surface area contributed by atoms with Crippen molar-refractivity contribution in [2.75, 3.05) is 0 Å². The molecule has 1 amide bonds. The number of carbonyl (C=O) groups is 1. The van der Waals surface area contributed by atoms with Gasteiger partial charge in [-0.15, -0.1) is 0 Å². The fourth-order valence-corrected chi connectivity index (χ4v) is 0.759. The first kappa shape index (κ1) is 5.56. The maximum absolute atomic E-state index is 10.3. The summed E-state index contributed by atoms with van der Waals surface area (Å²) >= 11 is 0. The molecule has 0 aromatic heterocycles. The molecule has 0 bridgehead atoms. The molecular formula is C5H10N2O. The van der Waals surface area contributed by atoms with Crippen molar-refractivity contribution in [3.63, 3.8) is 0 Å². The number of rotatable bonds is 1. The van der Waals surface area contributed by atoms with Crippen LogP contribution < -0.4 is 11.1 Å². The van der Waals surface area contributed by atoms with Crippen LogP contribution in [0, 0.1) is 0 Å². The van der Waals surface area contributed by atoms with Gasteiger partial charge in [-0.1, -0.05) is 6.92 Å². The third-order valence-corrected chi connectivity index (χ3v) is 1.50. The minimum Gasteiger partial charge on any atom is -0.338 e. The molecule has 1 fully saturated rings. The van der Waals surface area contributed by atoms with Crippen LogP contribution in [0.3, 0.4) is 0 Å². The zero-order chi connectivity index (χ0) is 6.20. The van der Waals surface area contributed by atoms with E-state index in [1.54, 1.807) is 0 Å². The van der Waals surface area contributed by atoms with Crippen LogP contribution in [0.2, 0.25) is 0 Å². The Morgan fingerprint density at radius 2 is 2.50 bits per heavy atom. The van der Waals surface area contributed by atoms with Crippen LogP contribution in [0.5, 0.6) is 0 Å².